The molecule has 2 N–H and O–H groups in total. The number of pyridine rings is 1. The number of para-hydroxylation sites is 1. The summed E-state index contributed by atoms with van der Waals surface area (Å²) in [6.45, 7) is 0.670. The van der Waals surface area contributed by atoms with Crippen LogP contribution < -0.4 is 10.3 Å². The van der Waals surface area contributed by atoms with Crippen LogP contribution in [0.1, 0.15) is 0 Å². The second-order valence-corrected chi connectivity index (χ2v) is 5.55. The Hall–Kier alpha value is -1.72. The van der Waals surface area contributed by atoms with Crippen LogP contribution >= 0.6 is 23.6 Å². The molecule has 18 heavy (non-hydrogen) atoms. The van der Waals surface area contributed by atoms with Crippen molar-refractivity contribution in [3.63, 3.8) is 0 Å². The predicted molar refractivity (Wildman–Crippen MR) is 77.3 cm³/mol. The van der Waals surface area contributed by atoms with Crippen LogP contribution in [-0.4, -0.2) is 4.57 Å². The van der Waals surface area contributed by atoms with Crippen molar-refractivity contribution >= 4 is 39.6 Å². The summed E-state index contributed by atoms with van der Waals surface area (Å²) in [5.74, 6) is 0.981. The number of nitrogens with one attached hydrogen (secondary N) is 2. The van der Waals surface area contributed by atoms with Gasteiger partial charge in [0.15, 0.2) is 10.6 Å². The normalized spacial score (nSPS) is 10.7. The molecule has 3 rings (SSSR count). The molecule has 3 aromatic rings. The second kappa shape index (κ2) is 4.88. The van der Waals surface area contributed by atoms with Gasteiger partial charge in [-0.3, -0.25) is 9.88 Å². The lowest BCUT2D eigenvalue weighted by Gasteiger charge is -2.02. The summed E-state index contributed by atoms with van der Waals surface area (Å²) in [6, 6.07) is 14.2. The molecule has 1 aromatic carbocycles. The number of aromatic amines is 1. The maximum Gasteiger partial charge on any atom is 0.273 e. The summed E-state index contributed by atoms with van der Waals surface area (Å²) in [6.07, 6.45) is 1.90. The number of rotatable bonds is 3. The Balaban J connectivity index is 1.91. The van der Waals surface area contributed by atoms with Crippen LogP contribution in [0.4, 0.5) is 5.82 Å². The molecule has 90 valence electrons. The Morgan fingerprint density at radius 1 is 1.17 bits per heavy atom. The van der Waals surface area contributed by atoms with E-state index < -0.39 is 0 Å². The number of benzene rings is 1. The maximum atomic E-state index is 5.40. The first-order valence-electron chi connectivity index (χ1n) is 5.63. The lowest BCUT2D eigenvalue weighted by molar-refractivity contribution is -0.361. The summed E-state index contributed by atoms with van der Waals surface area (Å²) in [4.78, 5) is 3.14. The van der Waals surface area contributed by atoms with E-state index in [2.05, 4.69) is 27.0 Å². The van der Waals surface area contributed by atoms with Gasteiger partial charge in [0.05, 0.1) is 16.4 Å². The van der Waals surface area contributed by atoms with E-state index in [1.807, 2.05) is 36.5 Å². The molecular formula is C13H12N3S2+. The fourth-order valence-corrected chi connectivity index (χ4v) is 3.15. The van der Waals surface area contributed by atoms with E-state index in [1.54, 1.807) is 11.3 Å². The molecular weight excluding hydrogens is 262 g/mol. The molecule has 0 radical (unpaired) electrons. The monoisotopic (exact) mass is 274 g/mol. The van der Waals surface area contributed by atoms with E-state index in [-0.39, 0.29) is 0 Å². The fourth-order valence-electron chi connectivity index (χ4n) is 1.83. The molecule has 0 atom stereocenters. The second-order valence-electron chi connectivity index (χ2n) is 3.87. The first-order valence-corrected chi connectivity index (χ1v) is 6.86. The molecule has 0 fully saturated rings. The van der Waals surface area contributed by atoms with Crippen LogP contribution in [0.5, 0.6) is 0 Å². The fraction of sp³-hybridized carbons (Fsp3) is 0.0769. The van der Waals surface area contributed by atoms with Crippen molar-refractivity contribution in [2.75, 3.05) is 5.32 Å². The third-order valence-electron chi connectivity index (χ3n) is 2.71. The highest BCUT2D eigenvalue weighted by atomic mass is 32.1. The minimum atomic E-state index is 0.670. The molecule has 2 heterocycles. The summed E-state index contributed by atoms with van der Waals surface area (Å²) in [5, 5.41) is 3.33. The van der Waals surface area contributed by atoms with Crippen molar-refractivity contribution < 1.29 is 4.98 Å². The zero-order chi connectivity index (χ0) is 12.4. The van der Waals surface area contributed by atoms with Crippen LogP contribution in [0.15, 0.2) is 48.7 Å². The average molecular weight is 274 g/mol. The minimum absolute atomic E-state index is 0.670. The Morgan fingerprint density at radius 2 is 2.00 bits per heavy atom. The van der Waals surface area contributed by atoms with Crippen LogP contribution in [0.2, 0.25) is 0 Å². The van der Waals surface area contributed by atoms with E-state index in [4.69, 9.17) is 12.2 Å². The predicted octanol–water partition coefficient (Wildman–Crippen LogP) is 3.32. The van der Waals surface area contributed by atoms with Gasteiger partial charge in [0, 0.05) is 6.07 Å². The molecule has 0 unspecified atom stereocenters. The molecule has 0 aliphatic rings. The van der Waals surface area contributed by atoms with Crippen molar-refractivity contribution in [3.8, 4) is 0 Å². The van der Waals surface area contributed by atoms with Crippen molar-refractivity contribution in [1.82, 2.24) is 4.57 Å². The van der Waals surface area contributed by atoms with Crippen molar-refractivity contribution in [2.24, 2.45) is 0 Å². The number of anilines is 1. The zero-order valence-electron chi connectivity index (χ0n) is 9.59. The molecule has 0 bridgehead atoms. The van der Waals surface area contributed by atoms with Crippen LogP contribution in [0.3, 0.4) is 0 Å². The van der Waals surface area contributed by atoms with Gasteiger partial charge < -0.3 is 0 Å². The largest absolute Gasteiger partial charge is 0.286 e. The Labute approximate surface area is 114 Å². The molecule has 0 saturated heterocycles. The van der Waals surface area contributed by atoms with Gasteiger partial charge in [-0.1, -0.05) is 18.2 Å². The highest BCUT2D eigenvalue weighted by molar-refractivity contribution is 7.73. The van der Waals surface area contributed by atoms with E-state index in [9.17, 15) is 0 Å². The van der Waals surface area contributed by atoms with Gasteiger partial charge >= 0.3 is 0 Å². The maximum absolute atomic E-state index is 5.40. The first-order chi connectivity index (χ1) is 8.84. The SMILES string of the molecule is S=c1sc2ccccc2n1CNc1cccc[nH+]1. The molecule has 3 nitrogen and oxygen atoms in total. The third-order valence-corrected chi connectivity index (χ3v) is 4.14. The topological polar surface area (TPSA) is 31.1 Å². The average Bonchev–Trinajstić information content (AvgIpc) is 2.73. The van der Waals surface area contributed by atoms with Gasteiger partial charge in [-0.05, 0) is 30.4 Å². The van der Waals surface area contributed by atoms with Crippen LogP contribution in [-0.2, 0) is 6.67 Å². The molecule has 0 spiro atoms. The lowest BCUT2D eigenvalue weighted by Crippen LogP contribution is -2.15. The molecule has 0 aliphatic heterocycles. The summed E-state index contributed by atoms with van der Waals surface area (Å²) in [7, 11) is 0. The van der Waals surface area contributed by atoms with Crippen LogP contribution in [0.25, 0.3) is 10.2 Å². The molecule has 5 heteroatoms. The third kappa shape index (κ3) is 2.14. The van der Waals surface area contributed by atoms with Crippen LogP contribution in [0, 0.1) is 3.95 Å². The number of hydrogen-bond donors (Lipinski definition) is 1. The van der Waals surface area contributed by atoms with Gasteiger partial charge in [-0.2, -0.15) is 0 Å². The van der Waals surface area contributed by atoms with E-state index in [0.717, 1.165) is 9.77 Å². The standard InChI is InChI=1S/C13H11N3S2/c17-13-16(9-15-12-7-3-4-8-14-12)10-5-1-2-6-11(10)18-13/h1-8H,9H2,(H,14,15)/p+1. The van der Waals surface area contributed by atoms with Gasteiger partial charge in [-0.25, -0.2) is 4.98 Å². The first kappa shape index (κ1) is 11.4. The summed E-state index contributed by atoms with van der Waals surface area (Å²) in [5.41, 5.74) is 1.18. The van der Waals surface area contributed by atoms with E-state index in [0.29, 0.717) is 6.67 Å². The van der Waals surface area contributed by atoms with Crippen molar-refractivity contribution in [2.45, 2.75) is 6.67 Å². The highest BCUT2D eigenvalue weighted by Gasteiger charge is 2.06. The number of fused-ring (bicyclic) bond motifs is 1. The summed E-state index contributed by atoms with van der Waals surface area (Å²) >= 11 is 7.04. The van der Waals surface area contributed by atoms with Crippen molar-refractivity contribution in [1.29, 1.82) is 0 Å². The number of H-pyrrole nitrogens is 1. The van der Waals surface area contributed by atoms with Gasteiger partial charge in [-0.15, -0.1) is 11.3 Å². The minimum Gasteiger partial charge on any atom is -0.286 e. The molecule has 0 amide bonds. The lowest BCUT2D eigenvalue weighted by atomic mass is 10.3. The number of thiazole rings is 1. The Kier molecular flexibility index (Phi) is 3.08. The van der Waals surface area contributed by atoms with Gasteiger partial charge in [0.25, 0.3) is 5.82 Å². The highest BCUT2D eigenvalue weighted by Crippen LogP contribution is 2.22. The van der Waals surface area contributed by atoms with Gasteiger partial charge in [0.1, 0.15) is 0 Å². The Bertz CT molecular complexity index is 716. The quantitative estimate of drug-likeness (QED) is 0.743. The molecule has 0 aliphatic carbocycles. The molecule has 0 saturated carbocycles. The smallest absolute Gasteiger partial charge is 0.273 e. The number of hydrogen-bond acceptors (Lipinski definition) is 3. The number of aromatic nitrogens is 2. The summed E-state index contributed by atoms with van der Waals surface area (Å²) < 4.78 is 4.22. The zero-order valence-corrected chi connectivity index (χ0v) is 11.2. The Morgan fingerprint density at radius 3 is 2.83 bits per heavy atom. The molecule has 2 aromatic heterocycles. The number of nitrogens with zero attached hydrogens (tertiary/aromatic N) is 1. The van der Waals surface area contributed by atoms with E-state index >= 15 is 0 Å². The van der Waals surface area contributed by atoms with Crippen molar-refractivity contribution in [3.05, 3.63) is 52.6 Å². The van der Waals surface area contributed by atoms with E-state index in [1.165, 1.54) is 10.2 Å². The van der Waals surface area contributed by atoms with Gasteiger partial charge in [0.2, 0.25) is 0 Å².